The molecule has 28 heavy (non-hydrogen) atoms. The van der Waals surface area contributed by atoms with Crippen molar-refractivity contribution < 1.29 is 4.74 Å². The van der Waals surface area contributed by atoms with Crippen molar-refractivity contribution in [2.45, 2.75) is 32.7 Å². The Labute approximate surface area is 165 Å². The monoisotopic (exact) mass is 380 g/mol. The van der Waals surface area contributed by atoms with Gasteiger partial charge in [0.15, 0.2) is 11.5 Å². The molecule has 7 heteroatoms. The zero-order valence-corrected chi connectivity index (χ0v) is 16.4. The standard InChI is InChI=1S/C21H28N6O/c1-16-5-2-3-6-18(16)28-13-17-7-11-26(12-8-17)9-4-10-27-15-25-19-20(22)23-14-24-21(19)27/h2-3,5-6,14-15,17H,4,7-13H2,1H3,(H2,22,23,24). The second-order valence-electron chi connectivity index (χ2n) is 7.58. The molecule has 2 aromatic heterocycles. The third kappa shape index (κ3) is 4.25. The van der Waals surface area contributed by atoms with Crippen LogP contribution in [0.3, 0.4) is 0 Å². The maximum atomic E-state index is 6.04. The summed E-state index contributed by atoms with van der Waals surface area (Å²) in [4.78, 5) is 15.2. The largest absolute Gasteiger partial charge is 0.493 e. The van der Waals surface area contributed by atoms with Crippen molar-refractivity contribution in [3.63, 3.8) is 0 Å². The van der Waals surface area contributed by atoms with Gasteiger partial charge in [0.1, 0.15) is 17.6 Å². The number of benzene rings is 1. The summed E-state index contributed by atoms with van der Waals surface area (Å²) in [6.45, 7) is 7.18. The van der Waals surface area contributed by atoms with Crippen LogP contribution in [0.1, 0.15) is 24.8 Å². The maximum Gasteiger partial charge on any atom is 0.165 e. The van der Waals surface area contributed by atoms with E-state index in [9.17, 15) is 0 Å². The zero-order chi connectivity index (χ0) is 19.3. The molecule has 1 aromatic carbocycles. The number of nitrogen functional groups attached to an aromatic ring is 1. The van der Waals surface area contributed by atoms with Gasteiger partial charge in [0.05, 0.1) is 12.9 Å². The second-order valence-corrected chi connectivity index (χ2v) is 7.58. The normalized spacial score (nSPS) is 15.9. The molecule has 1 saturated heterocycles. The number of rotatable bonds is 7. The molecule has 0 radical (unpaired) electrons. The lowest BCUT2D eigenvalue weighted by Crippen LogP contribution is -2.36. The lowest BCUT2D eigenvalue weighted by molar-refractivity contribution is 0.139. The molecule has 1 fully saturated rings. The fraction of sp³-hybridized carbons (Fsp3) is 0.476. The van der Waals surface area contributed by atoms with Gasteiger partial charge in [0.25, 0.3) is 0 Å². The summed E-state index contributed by atoms with van der Waals surface area (Å²) >= 11 is 0. The highest BCUT2D eigenvalue weighted by Gasteiger charge is 2.19. The molecule has 0 bridgehead atoms. The third-order valence-electron chi connectivity index (χ3n) is 5.58. The van der Waals surface area contributed by atoms with Crippen molar-refractivity contribution >= 4 is 17.0 Å². The molecule has 0 aliphatic carbocycles. The SMILES string of the molecule is Cc1ccccc1OCC1CCN(CCCn2cnc3c(N)ncnc32)CC1. The van der Waals surface area contributed by atoms with Crippen molar-refractivity contribution in [1.29, 1.82) is 0 Å². The quantitative estimate of drug-likeness (QED) is 0.679. The number of para-hydroxylation sites is 1. The Morgan fingerprint density at radius 2 is 1.93 bits per heavy atom. The summed E-state index contributed by atoms with van der Waals surface area (Å²) in [5, 5.41) is 0. The Kier molecular flexibility index (Phi) is 5.71. The minimum absolute atomic E-state index is 0.443. The number of anilines is 1. The first-order valence-corrected chi connectivity index (χ1v) is 10.0. The summed E-state index contributed by atoms with van der Waals surface area (Å²) in [5.41, 5.74) is 8.57. The Balaban J connectivity index is 1.19. The topological polar surface area (TPSA) is 82.1 Å². The number of nitrogens with zero attached hydrogens (tertiary/aromatic N) is 5. The average Bonchev–Trinajstić information content (AvgIpc) is 3.13. The van der Waals surface area contributed by atoms with Crippen LogP contribution in [0, 0.1) is 12.8 Å². The van der Waals surface area contributed by atoms with Crippen LogP contribution in [0.4, 0.5) is 5.82 Å². The molecule has 7 nitrogen and oxygen atoms in total. The van der Waals surface area contributed by atoms with Crippen molar-refractivity contribution in [3.8, 4) is 5.75 Å². The Hall–Kier alpha value is -2.67. The van der Waals surface area contributed by atoms with Crippen LogP contribution < -0.4 is 10.5 Å². The highest BCUT2D eigenvalue weighted by atomic mass is 16.5. The Bertz CT molecular complexity index is 916. The van der Waals surface area contributed by atoms with Crippen molar-refractivity contribution in [1.82, 2.24) is 24.4 Å². The first-order valence-electron chi connectivity index (χ1n) is 10.0. The number of nitrogens with two attached hydrogens (primary N) is 1. The molecule has 0 amide bonds. The van der Waals surface area contributed by atoms with Gasteiger partial charge >= 0.3 is 0 Å². The first kappa shape index (κ1) is 18.7. The number of hydrogen-bond donors (Lipinski definition) is 1. The fourth-order valence-electron chi connectivity index (χ4n) is 3.83. The summed E-state index contributed by atoms with van der Waals surface area (Å²) in [5.74, 6) is 2.11. The molecule has 3 aromatic rings. The van der Waals surface area contributed by atoms with Gasteiger partial charge in [-0.1, -0.05) is 18.2 Å². The number of imidazole rings is 1. The minimum atomic E-state index is 0.443. The minimum Gasteiger partial charge on any atom is -0.493 e. The van der Waals surface area contributed by atoms with Crippen molar-refractivity contribution in [2.24, 2.45) is 5.92 Å². The lowest BCUT2D eigenvalue weighted by Gasteiger charge is -2.32. The number of piperidine rings is 1. The number of aromatic nitrogens is 4. The Morgan fingerprint density at radius 1 is 1.11 bits per heavy atom. The number of ether oxygens (including phenoxy) is 1. The van der Waals surface area contributed by atoms with E-state index in [1.807, 2.05) is 12.4 Å². The molecule has 0 saturated carbocycles. The third-order valence-corrected chi connectivity index (χ3v) is 5.58. The van der Waals surface area contributed by atoms with Crippen LogP contribution in [0.15, 0.2) is 36.9 Å². The molecule has 0 atom stereocenters. The van der Waals surface area contributed by atoms with Gasteiger partial charge in [-0.2, -0.15) is 0 Å². The average molecular weight is 380 g/mol. The van der Waals surface area contributed by atoms with E-state index < -0.39 is 0 Å². The van der Waals surface area contributed by atoms with E-state index in [1.165, 1.54) is 24.7 Å². The summed E-state index contributed by atoms with van der Waals surface area (Å²) in [6.07, 6.45) is 6.78. The van der Waals surface area contributed by atoms with Crippen molar-refractivity contribution in [3.05, 3.63) is 42.5 Å². The molecule has 3 heterocycles. The number of hydrogen-bond acceptors (Lipinski definition) is 6. The molecule has 1 aliphatic rings. The van der Waals surface area contributed by atoms with Gasteiger partial charge < -0.3 is 19.9 Å². The predicted octanol–water partition coefficient (Wildman–Crippen LogP) is 2.90. The molecule has 1 aliphatic heterocycles. The lowest BCUT2D eigenvalue weighted by atomic mass is 9.97. The van der Waals surface area contributed by atoms with Gasteiger partial charge in [0, 0.05) is 6.54 Å². The van der Waals surface area contributed by atoms with Crippen LogP contribution in [0.2, 0.25) is 0 Å². The smallest absolute Gasteiger partial charge is 0.165 e. The molecule has 2 N–H and O–H groups in total. The fourth-order valence-corrected chi connectivity index (χ4v) is 3.83. The maximum absolute atomic E-state index is 6.04. The molecular formula is C21H28N6O. The summed E-state index contributed by atoms with van der Waals surface area (Å²) in [6, 6.07) is 8.24. The predicted molar refractivity (Wildman–Crippen MR) is 110 cm³/mol. The molecule has 0 spiro atoms. The number of likely N-dealkylation sites (tertiary alicyclic amines) is 1. The van der Waals surface area contributed by atoms with Gasteiger partial charge in [0.2, 0.25) is 0 Å². The van der Waals surface area contributed by atoms with Crippen LogP contribution in [0.25, 0.3) is 11.2 Å². The molecule has 0 unspecified atom stereocenters. The summed E-state index contributed by atoms with van der Waals surface area (Å²) < 4.78 is 8.11. The van der Waals surface area contributed by atoms with Crippen LogP contribution in [0.5, 0.6) is 5.75 Å². The van der Waals surface area contributed by atoms with Gasteiger partial charge in [-0.15, -0.1) is 0 Å². The van der Waals surface area contributed by atoms with Gasteiger partial charge in [-0.05, 0) is 63.4 Å². The molecular weight excluding hydrogens is 352 g/mol. The number of aryl methyl sites for hydroxylation is 2. The van der Waals surface area contributed by atoms with Crippen LogP contribution >= 0.6 is 0 Å². The van der Waals surface area contributed by atoms with E-state index in [2.05, 4.69) is 49.5 Å². The van der Waals surface area contributed by atoms with Crippen LogP contribution in [-0.2, 0) is 6.54 Å². The summed E-state index contributed by atoms with van der Waals surface area (Å²) in [7, 11) is 0. The van der Waals surface area contributed by atoms with E-state index in [1.54, 1.807) is 0 Å². The number of fused-ring (bicyclic) bond motifs is 1. The highest BCUT2D eigenvalue weighted by Crippen LogP contribution is 2.22. The second kappa shape index (κ2) is 8.56. The zero-order valence-electron chi connectivity index (χ0n) is 16.4. The van der Waals surface area contributed by atoms with E-state index in [4.69, 9.17) is 10.5 Å². The van der Waals surface area contributed by atoms with E-state index in [0.717, 1.165) is 50.6 Å². The molecule has 148 valence electrons. The van der Waals surface area contributed by atoms with E-state index in [-0.39, 0.29) is 0 Å². The Morgan fingerprint density at radius 3 is 2.75 bits per heavy atom. The van der Waals surface area contributed by atoms with E-state index in [0.29, 0.717) is 17.3 Å². The molecule has 4 rings (SSSR count). The highest BCUT2D eigenvalue weighted by molar-refractivity contribution is 5.81. The van der Waals surface area contributed by atoms with E-state index >= 15 is 0 Å². The van der Waals surface area contributed by atoms with Gasteiger partial charge in [-0.25, -0.2) is 15.0 Å². The van der Waals surface area contributed by atoms with Crippen molar-refractivity contribution in [2.75, 3.05) is 32.0 Å². The van der Waals surface area contributed by atoms with Crippen LogP contribution in [-0.4, -0.2) is 50.7 Å². The first-order chi connectivity index (χ1) is 13.7. The van der Waals surface area contributed by atoms with Gasteiger partial charge in [-0.3, -0.25) is 0 Å².